The SMILES string of the molecule is Nc1cccc2c1Nc1c(Br)cccc1O2. The van der Waals surface area contributed by atoms with Gasteiger partial charge in [0, 0.05) is 4.47 Å². The van der Waals surface area contributed by atoms with Crippen molar-refractivity contribution in [1.29, 1.82) is 0 Å². The van der Waals surface area contributed by atoms with Crippen LogP contribution in [0.25, 0.3) is 0 Å². The van der Waals surface area contributed by atoms with Gasteiger partial charge in [0.1, 0.15) is 5.69 Å². The molecule has 80 valence electrons. The number of hydrogen-bond acceptors (Lipinski definition) is 3. The van der Waals surface area contributed by atoms with Crippen molar-refractivity contribution in [3.05, 3.63) is 40.9 Å². The first-order valence-corrected chi connectivity index (χ1v) is 5.67. The molecule has 0 aromatic heterocycles. The molecule has 0 saturated carbocycles. The first-order chi connectivity index (χ1) is 7.75. The number of ether oxygens (including phenoxy) is 1. The van der Waals surface area contributed by atoms with E-state index in [0.29, 0.717) is 5.69 Å². The van der Waals surface area contributed by atoms with Gasteiger partial charge in [-0.3, -0.25) is 0 Å². The summed E-state index contributed by atoms with van der Waals surface area (Å²) in [6, 6.07) is 11.4. The Labute approximate surface area is 101 Å². The monoisotopic (exact) mass is 276 g/mol. The van der Waals surface area contributed by atoms with Crippen LogP contribution in [0, 0.1) is 0 Å². The molecule has 3 rings (SSSR count). The van der Waals surface area contributed by atoms with E-state index in [1.54, 1.807) is 0 Å². The van der Waals surface area contributed by atoms with Crippen molar-refractivity contribution in [1.82, 2.24) is 0 Å². The number of anilines is 3. The summed E-state index contributed by atoms with van der Waals surface area (Å²) in [4.78, 5) is 0. The molecule has 0 saturated heterocycles. The highest BCUT2D eigenvalue weighted by molar-refractivity contribution is 9.10. The quantitative estimate of drug-likeness (QED) is 0.613. The summed E-state index contributed by atoms with van der Waals surface area (Å²) >= 11 is 3.48. The highest BCUT2D eigenvalue weighted by atomic mass is 79.9. The smallest absolute Gasteiger partial charge is 0.153 e. The zero-order valence-electron chi connectivity index (χ0n) is 8.33. The molecule has 1 aliphatic rings. The third kappa shape index (κ3) is 1.34. The molecule has 0 amide bonds. The van der Waals surface area contributed by atoms with Gasteiger partial charge in [0.15, 0.2) is 11.5 Å². The Kier molecular flexibility index (Phi) is 2.04. The predicted octanol–water partition coefficient (Wildman–Crippen LogP) is 3.88. The van der Waals surface area contributed by atoms with Crippen LogP contribution in [0.4, 0.5) is 17.1 Å². The number of rotatable bonds is 0. The van der Waals surface area contributed by atoms with Crippen molar-refractivity contribution in [3.63, 3.8) is 0 Å². The van der Waals surface area contributed by atoms with E-state index < -0.39 is 0 Å². The molecule has 3 N–H and O–H groups in total. The van der Waals surface area contributed by atoms with E-state index in [1.807, 2.05) is 36.4 Å². The molecule has 1 heterocycles. The third-order valence-electron chi connectivity index (χ3n) is 2.50. The maximum Gasteiger partial charge on any atom is 0.153 e. The van der Waals surface area contributed by atoms with Crippen LogP contribution < -0.4 is 15.8 Å². The summed E-state index contributed by atoms with van der Waals surface area (Å²) in [7, 11) is 0. The second-order valence-corrected chi connectivity index (χ2v) is 4.41. The number of nitrogens with one attached hydrogen (secondary N) is 1. The molecule has 1 aliphatic heterocycles. The zero-order chi connectivity index (χ0) is 11.1. The van der Waals surface area contributed by atoms with Crippen LogP contribution in [-0.4, -0.2) is 0 Å². The van der Waals surface area contributed by atoms with Gasteiger partial charge in [0.05, 0.1) is 11.4 Å². The van der Waals surface area contributed by atoms with Crippen molar-refractivity contribution >= 4 is 33.0 Å². The molecular formula is C12H9BrN2O. The van der Waals surface area contributed by atoms with Crippen molar-refractivity contribution in [3.8, 4) is 11.5 Å². The fourth-order valence-electron chi connectivity index (χ4n) is 1.72. The Morgan fingerprint density at radius 2 is 1.69 bits per heavy atom. The molecule has 0 aliphatic carbocycles. The van der Waals surface area contributed by atoms with E-state index in [0.717, 1.165) is 27.3 Å². The van der Waals surface area contributed by atoms with Gasteiger partial charge in [-0.15, -0.1) is 0 Å². The van der Waals surface area contributed by atoms with Gasteiger partial charge in [-0.25, -0.2) is 0 Å². The highest BCUT2D eigenvalue weighted by Crippen LogP contribution is 2.46. The number of benzene rings is 2. The van der Waals surface area contributed by atoms with Gasteiger partial charge in [-0.2, -0.15) is 0 Å². The van der Waals surface area contributed by atoms with Crippen molar-refractivity contribution in [2.45, 2.75) is 0 Å². The first-order valence-electron chi connectivity index (χ1n) is 4.87. The molecule has 0 fully saturated rings. The second-order valence-electron chi connectivity index (χ2n) is 3.56. The van der Waals surface area contributed by atoms with E-state index in [2.05, 4.69) is 21.2 Å². The lowest BCUT2D eigenvalue weighted by Gasteiger charge is -2.23. The number of nitrogens with two attached hydrogens (primary N) is 1. The third-order valence-corrected chi connectivity index (χ3v) is 3.16. The lowest BCUT2D eigenvalue weighted by Crippen LogP contribution is -2.05. The lowest BCUT2D eigenvalue weighted by molar-refractivity contribution is 0.481. The topological polar surface area (TPSA) is 47.3 Å². The van der Waals surface area contributed by atoms with Crippen LogP contribution in [-0.2, 0) is 0 Å². The molecular weight excluding hydrogens is 268 g/mol. The molecule has 0 spiro atoms. The van der Waals surface area contributed by atoms with Gasteiger partial charge in [0.2, 0.25) is 0 Å². The Hall–Kier alpha value is -1.68. The lowest BCUT2D eigenvalue weighted by atomic mass is 10.2. The van der Waals surface area contributed by atoms with Crippen molar-refractivity contribution < 1.29 is 4.74 Å². The van der Waals surface area contributed by atoms with Crippen LogP contribution in [0.3, 0.4) is 0 Å². The zero-order valence-corrected chi connectivity index (χ0v) is 9.91. The summed E-state index contributed by atoms with van der Waals surface area (Å²) < 4.78 is 6.72. The van der Waals surface area contributed by atoms with Gasteiger partial charge in [0.25, 0.3) is 0 Å². The Morgan fingerprint density at radius 1 is 1.00 bits per heavy atom. The van der Waals surface area contributed by atoms with E-state index in [9.17, 15) is 0 Å². The molecule has 0 bridgehead atoms. The highest BCUT2D eigenvalue weighted by Gasteiger charge is 2.19. The van der Waals surface area contributed by atoms with Gasteiger partial charge in [-0.05, 0) is 40.2 Å². The number of fused-ring (bicyclic) bond motifs is 2. The molecule has 0 unspecified atom stereocenters. The van der Waals surface area contributed by atoms with Crippen LogP contribution in [0.15, 0.2) is 40.9 Å². The fraction of sp³-hybridized carbons (Fsp3) is 0. The van der Waals surface area contributed by atoms with Crippen LogP contribution in [0.2, 0.25) is 0 Å². The molecule has 16 heavy (non-hydrogen) atoms. The summed E-state index contributed by atoms with van der Waals surface area (Å²) in [5.74, 6) is 1.55. The van der Waals surface area contributed by atoms with E-state index in [1.165, 1.54) is 0 Å². The van der Waals surface area contributed by atoms with Gasteiger partial charge < -0.3 is 15.8 Å². The Bertz CT molecular complexity index is 519. The molecule has 4 heteroatoms. The van der Waals surface area contributed by atoms with Crippen LogP contribution >= 0.6 is 15.9 Å². The number of hydrogen-bond donors (Lipinski definition) is 2. The average molecular weight is 277 g/mol. The number of para-hydroxylation sites is 2. The molecule has 2 aromatic carbocycles. The normalized spacial score (nSPS) is 12.1. The van der Waals surface area contributed by atoms with Gasteiger partial charge >= 0.3 is 0 Å². The molecule has 0 radical (unpaired) electrons. The minimum Gasteiger partial charge on any atom is -0.453 e. The van der Waals surface area contributed by atoms with Crippen molar-refractivity contribution in [2.75, 3.05) is 11.1 Å². The Balaban J connectivity index is 2.17. The minimum absolute atomic E-state index is 0.680. The summed E-state index contributed by atoms with van der Waals surface area (Å²) in [6.07, 6.45) is 0. The van der Waals surface area contributed by atoms with Crippen LogP contribution in [0.5, 0.6) is 11.5 Å². The summed E-state index contributed by atoms with van der Waals surface area (Å²) in [6.45, 7) is 0. The number of nitrogen functional groups attached to an aromatic ring is 1. The second kappa shape index (κ2) is 3.42. The summed E-state index contributed by atoms with van der Waals surface area (Å²) in [5, 5.41) is 3.28. The van der Waals surface area contributed by atoms with Gasteiger partial charge in [-0.1, -0.05) is 12.1 Å². The first kappa shape index (κ1) is 9.54. The Morgan fingerprint density at radius 3 is 2.50 bits per heavy atom. The summed E-state index contributed by atoms with van der Waals surface area (Å²) in [5.41, 5.74) is 8.30. The minimum atomic E-state index is 0.680. The predicted molar refractivity (Wildman–Crippen MR) is 68.4 cm³/mol. The average Bonchev–Trinajstić information content (AvgIpc) is 2.28. The van der Waals surface area contributed by atoms with Crippen LogP contribution in [0.1, 0.15) is 0 Å². The van der Waals surface area contributed by atoms with E-state index >= 15 is 0 Å². The fourth-order valence-corrected chi connectivity index (χ4v) is 2.17. The maximum absolute atomic E-state index is 5.89. The molecule has 2 aromatic rings. The molecule has 3 nitrogen and oxygen atoms in total. The largest absolute Gasteiger partial charge is 0.453 e. The maximum atomic E-state index is 5.89. The standard InChI is InChI=1S/C12H9BrN2O/c13-7-3-1-5-9-11(7)15-12-8(14)4-2-6-10(12)16-9/h1-6,15H,14H2. The van der Waals surface area contributed by atoms with E-state index in [-0.39, 0.29) is 0 Å². The number of halogens is 1. The molecule has 0 atom stereocenters. The van der Waals surface area contributed by atoms with E-state index in [4.69, 9.17) is 10.5 Å². The van der Waals surface area contributed by atoms with Crippen molar-refractivity contribution in [2.24, 2.45) is 0 Å².